The summed E-state index contributed by atoms with van der Waals surface area (Å²) in [6, 6.07) is 3.50. The fourth-order valence-electron chi connectivity index (χ4n) is 0.857. The van der Waals surface area contributed by atoms with E-state index in [1.54, 1.807) is 23.6 Å². The molecule has 0 spiro atoms. The monoisotopic (exact) mass is 168 g/mol. The molecule has 0 aliphatic carbocycles. The van der Waals surface area contributed by atoms with Crippen LogP contribution in [0.5, 0.6) is 0 Å². The Morgan fingerprint density at radius 1 is 1.36 bits per heavy atom. The van der Waals surface area contributed by atoms with Crippen LogP contribution in [0, 0.1) is 6.92 Å². The van der Waals surface area contributed by atoms with Crippen LogP contribution in [0.1, 0.15) is 5.82 Å². The van der Waals surface area contributed by atoms with E-state index in [1.807, 2.05) is 0 Å². The van der Waals surface area contributed by atoms with Crippen molar-refractivity contribution >= 4 is 17.2 Å². The first-order chi connectivity index (χ1) is 5.27. The second kappa shape index (κ2) is 2.17. The van der Waals surface area contributed by atoms with Gasteiger partial charge in [0.1, 0.15) is 5.15 Å². The van der Waals surface area contributed by atoms with Gasteiger partial charge in [0.25, 0.3) is 0 Å². The highest BCUT2D eigenvalue weighted by molar-refractivity contribution is 6.29. The Bertz CT molecular complexity index is 394. The maximum Gasteiger partial charge on any atom is 0.177 e. The van der Waals surface area contributed by atoms with E-state index in [9.17, 15) is 0 Å². The highest BCUT2D eigenvalue weighted by Crippen LogP contribution is 2.09. The second-order valence-electron chi connectivity index (χ2n) is 2.17. The van der Waals surface area contributed by atoms with Crippen molar-refractivity contribution in [3.63, 3.8) is 0 Å². The summed E-state index contributed by atoms with van der Waals surface area (Å²) in [7, 11) is 0. The average molecular weight is 169 g/mol. The van der Waals surface area contributed by atoms with E-state index in [4.69, 9.17) is 11.6 Å². The number of nitrogens with zero attached hydrogens (tertiary/aromatic N) is 4. The minimum absolute atomic E-state index is 0.554. The standard InChI is InChI=1S/C6H5ClN4/c1-4-8-9-6-3-2-5(7)11(6)10-4/h2-3H,1H3. The number of rotatable bonds is 0. The highest BCUT2D eigenvalue weighted by Gasteiger charge is 2.00. The summed E-state index contributed by atoms with van der Waals surface area (Å²) in [5.74, 6) is 0.607. The van der Waals surface area contributed by atoms with Crippen LogP contribution in [-0.4, -0.2) is 19.8 Å². The predicted octanol–water partition coefficient (Wildman–Crippen LogP) is 1.09. The van der Waals surface area contributed by atoms with E-state index in [0.29, 0.717) is 16.6 Å². The van der Waals surface area contributed by atoms with Crippen molar-refractivity contribution in [2.24, 2.45) is 0 Å². The molecular weight excluding hydrogens is 164 g/mol. The predicted molar refractivity (Wildman–Crippen MR) is 40.5 cm³/mol. The van der Waals surface area contributed by atoms with Gasteiger partial charge in [0.2, 0.25) is 0 Å². The van der Waals surface area contributed by atoms with Gasteiger partial charge in [-0.05, 0) is 19.1 Å². The minimum atomic E-state index is 0.554. The molecule has 2 aromatic rings. The summed E-state index contributed by atoms with van der Waals surface area (Å²) >= 11 is 5.78. The average Bonchev–Trinajstić information content (AvgIpc) is 2.33. The van der Waals surface area contributed by atoms with Gasteiger partial charge in [-0.2, -0.15) is 0 Å². The highest BCUT2D eigenvalue weighted by atomic mass is 35.5. The molecule has 0 saturated carbocycles. The molecule has 0 atom stereocenters. The molecule has 0 N–H and O–H groups in total. The lowest BCUT2D eigenvalue weighted by atomic mass is 10.6. The Balaban J connectivity index is 2.87. The zero-order valence-electron chi connectivity index (χ0n) is 5.82. The zero-order chi connectivity index (χ0) is 7.84. The lowest BCUT2D eigenvalue weighted by Crippen LogP contribution is -1.99. The van der Waals surface area contributed by atoms with E-state index in [0.717, 1.165) is 0 Å². The zero-order valence-corrected chi connectivity index (χ0v) is 6.58. The quantitative estimate of drug-likeness (QED) is 0.592. The maximum atomic E-state index is 5.78. The summed E-state index contributed by atoms with van der Waals surface area (Å²) in [5, 5.41) is 12.2. The molecule has 0 bridgehead atoms. The summed E-state index contributed by atoms with van der Waals surface area (Å²) in [5.41, 5.74) is 0.667. The Morgan fingerprint density at radius 2 is 2.18 bits per heavy atom. The van der Waals surface area contributed by atoms with Crippen molar-refractivity contribution in [1.82, 2.24) is 19.8 Å². The van der Waals surface area contributed by atoms with Crippen molar-refractivity contribution in [2.75, 3.05) is 0 Å². The van der Waals surface area contributed by atoms with E-state index in [-0.39, 0.29) is 0 Å². The van der Waals surface area contributed by atoms with Gasteiger partial charge in [-0.1, -0.05) is 11.6 Å². The van der Waals surface area contributed by atoms with Crippen LogP contribution >= 0.6 is 11.6 Å². The summed E-state index contributed by atoms with van der Waals surface area (Å²) in [6.07, 6.45) is 0. The topological polar surface area (TPSA) is 43.1 Å². The van der Waals surface area contributed by atoms with Gasteiger partial charge in [-0.3, -0.25) is 0 Å². The third-order valence-corrected chi connectivity index (χ3v) is 1.62. The lowest BCUT2D eigenvalue weighted by molar-refractivity contribution is 0.791. The number of hydrogen-bond acceptors (Lipinski definition) is 3. The van der Waals surface area contributed by atoms with E-state index >= 15 is 0 Å². The largest absolute Gasteiger partial charge is 0.200 e. The molecule has 0 saturated heterocycles. The molecule has 0 aliphatic rings. The number of fused-ring (bicyclic) bond motifs is 1. The Labute approximate surface area is 67.8 Å². The van der Waals surface area contributed by atoms with Crippen LogP contribution in [0.25, 0.3) is 5.65 Å². The molecule has 0 radical (unpaired) electrons. The molecule has 0 fully saturated rings. The first kappa shape index (κ1) is 6.54. The van der Waals surface area contributed by atoms with Crippen molar-refractivity contribution < 1.29 is 0 Å². The Hall–Kier alpha value is -1.16. The molecule has 4 nitrogen and oxygen atoms in total. The molecule has 2 aromatic heterocycles. The molecule has 0 amide bonds. The number of aryl methyl sites for hydroxylation is 1. The second-order valence-corrected chi connectivity index (χ2v) is 2.56. The Kier molecular flexibility index (Phi) is 1.29. The first-order valence-corrected chi connectivity index (χ1v) is 3.50. The summed E-state index contributed by atoms with van der Waals surface area (Å²) < 4.78 is 1.55. The van der Waals surface area contributed by atoms with E-state index < -0.39 is 0 Å². The first-order valence-electron chi connectivity index (χ1n) is 3.12. The SMILES string of the molecule is Cc1nnc2ccc(Cl)n2n1. The molecule has 56 valence electrons. The molecule has 0 aromatic carbocycles. The molecule has 0 unspecified atom stereocenters. The van der Waals surface area contributed by atoms with Crippen molar-refractivity contribution in [2.45, 2.75) is 6.92 Å². The lowest BCUT2D eigenvalue weighted by Gasteiger charge is -1.93. The van der Waals surface area contributed by atoms with Gasteiger partial charge in [0.05, 0.1) is 0 Å². The summed E-state index contributed by atoms with van der Waals surface area (Å²) in [4.78, 5) is 0. The Morgan fingerprint density at radius 3 is 3.00 bits per heavy atom. The van der Waals surface area contributed by atoms with Crippen molar-refractivity contribution in [3.05, 3.63) is 23.1 Å². The normalized spacial score (nSPS) is 10.7. The van der Waals surface area contributed by atoms with Crippen LogP contribution in [-0.2, 0) is 0 Å². The fourth-order valence-corrected chi connectivity index (χ4v) is 1.04. The number of aromatic nitrogens is 4. The van der Waals surface area contributed by atoms with Gasteiger partial charge in [0.15, 0.2) is 11.5 Å². The molecule has 11 heavy (non-hydrogen) atoms. The molecule has 5 heteroatoms. The minimum Gasteiger partial charge on any atom is -0.200 e. The van der Waals surface area contributed by atoms with Gasteiger partial charge in [-0.15, -0.1) is 15.3 Å². The van der Waals surface area contributed by atoms with Gasteiger partial charge < -0.3 is 0 Å². The van der Waals surface area contributed by atoms with E-state index in [2.05, 4.69) is 15.3 Å². The molecule has 0 aliphatic heterocycles. The van der Waals surface area contributed by atoms with Crippen molar-refractivity contribution in [3.8, 4) is 0 Å². The van der Waals surface area contributed by atoms with Crippen molar-refractivity contribution in [1.29, 1.82) is 0 Å². The van der Waals surface area contributed by atoms with Gasteiger partial charge in [0, 0.05) is 0 Å². The third-order valence-electron chi connectivity index (χ3n) is 1.33. The number of halogens is 1. The van der Waals surface area contributed by atoms with Gasteiger partial charge >= 0.3 is 0 Å². The molecule has 2 heterocycles. The smallest absolute Gasteiger partial charge is 0.177 e. The van der Waals surface area contributed by atoms with Crippen LogP contribution in [0.2, 0.25) is 5.15 Å². The molecule has 2 rings (SSSR count). The van der Waals surface area contributed by atoms with Gasteiger partial charge in [-0.25, -0.2) is 4.52 Å². The number of hydrogen-bond donors (Lipinski definition) is 0. The summed E-state index contributed by atoms with van der Waals surface area (Å²) in [6.45, 7) is 1.77. The maximum absolute atomic E-state index is 5.78. The van der Waals surface area contributed by atoms with Crippen LogP contribution in [0.15, 0.2) is 12.1 Å². The fraction of sp³-hybridized carbons (Fsp3) is 0.167. The van der Waals surface area contributed by atoms with Crippen LogP contribution in [0.4, 0.5) is 0 Å². The third kappa shape index (κ3) is 0.952. The van der Waals surface area contributed by atoms with E-state index in [1.165, 1.54) is 0 Å². The van der Waals surface area contributed by atoms with Crippen LogP contribution in [0.3, 0.4) is 0 Å². The molecular formula is C6H5ClN4. The van der Waals surface area contributed by atoms with Crippen LogP contribution < -0.4 is 0 Å².